The zero-order chi connectivity index (χ0) is 39.2. The van der Waals surface area contributed by atoms with Crippen molar-refractivity contribution >= 4 is 68.4 Å². The predicted octanol–water partition coefficient (Wildman–Crippen LogP) is 12.6. The molecule has 1 aromatic heterocycles. The SMILES string of the molecule is Cc1cccc(C)c1N1c2cc3c(cc2B2c4oc5ccc(C6(C)CC7CC(C)CC(C7)C6)cc5c4N(c4ccccc4)c4cccc1c42)C(C)(C)CCC3(C)C. The minimum Gasteiger partial charge on any atom is -0.468 e. The summed E-state index contributed by atoms with van der Waals surface area (Å²) in [5.41, 5.74) is 19.6. The molecule has 57 heavy (non-hydrogen) atoms. The van der Waals surface area contributed by atoms with Crippen LogP contribution in [0.15, 0.2) is 101 Å². The van der Waals surface area contributed by atoms with Gasteiger partial charge in [-0.15, -0.1) is 0 Å². The molecule has 2 aliphatic heterocycles. The molecule has 3 heterocycles. The summed E-state index contributed by atoms with van der Waals surface area (Å²) in [6.07, 6.45) is 9.12. The van der Waals surface area contributed by atoms with Gasteiger partial charge in [0.15, 0.2) is 0 Å². The Labute approximate surface area is 340 Å². The van der Waals surface area contributed by atoms with Gasteiger partial charge in [-0.05, 0) is 174 Å². The van der Waals surface area contributed by atoms with Crippen LogP contribution >= 0.6 is 0 Å². The number of hydrogen-bond acceptors (Lipinski definition) is 3. The Hall–Kier alpha value is -4.70. The lowest BCUT2D eigenvalue weighted by molar-refractivity contribution is 0.0899. The highest BCUT2D eigenvalue weighted by Crippen LogP contribution is 2.54. The Kier molecular flexibility index (Phi) is 7.57. The standard InChI is InChI=1S/C53H57BN2O/c1-32-24-35-26-36(25-32)31-53(8,30-35)37-20-21-46-39(27-37)49-50(57-46)54-42-28-40-41(52(6,7)23-22-51(40,4)5)29-45(42)56(48-33(2)14-12-15-34(48)3)44-19-13-18-43(47(44)54)55(49)38-16-10-9-11-17-38/h9-21,27-29,32,35-36H,22-26,30-31H2,1-8H3. The Morgan fingerprint density at radius 1 is 0.632 bits per heavy atom. The molecule has 3 aliphatic carbocycles. The van der Waals surface area contributed by atoms with E-state index in [9.17, 15) is 0 Å². The van der Waals surface area contributed by atoms with Gasteiger partial charge in [0.25, 0.3) is 6.71 Å². The zero-order valence-corrected chi connectivity index (χ0v) is 35.3. The highest BCUT2D eigenvalue weighted by Gasteiger charge is 2.49. The van der Waals surface area contributed by atoms with Crippen molar-refractivity contribution in [3.63, 3.8) is 0 Å². The first-order valence-corrected chi connectivity index (χ1v) is 21.9. The molecule has 0 saturated heterocycles. The molecule has 5 aliphatic rings. The quantitative estimate of drug-likeness (QED) is 0.168. The van der Waals surface area contributed by atoms with Crippen LogP contribution in [0.1, 0.15) is 114 Å². The first-order chi connectivity index (χ1) is 27.3. The van der Waals surface area contributed by atoms with E-state index in [0.717, 1.165) is 29.0 Å². The van der Waals surface area contributed by atoms with E-state index in [0.29, 0.717) is 0 Å². The summed E-state index contributed by atoms with van der Waals surface area (Å²) in [5, 5.41) is 1.24. The summed E-state index contributed by atoms with van der Waals surface area (Å²) >= 11 is 0. The van der Waals surface area contributed by atoms with Gasteiger partial charge in [-0.1, -0.05) is 96.1 Å². The fourth-order valence-electron chi connectivity index (χ4n) is 12.9. The number of hydrogen-bond donors (Lipinski definition) is 0. The third kappa shape index (κ3) is 5.17. The van der Waals surface area contributed by atoms with E-state index in [2.05, 4.69) is 162 Å². The van der Waals surface area contributed by atoms with Crippen LogP contribution < -0.4 is 26.4 Å². The molecule has 3 nitrogen and oxygen atoms in total. The van der Waals surface area contributed by atoms with Gasteiger partial charge in [-0.2, -0.15) is 0 Å². The van der Waals surface area contributed by atoms with Crippen molar-refractivity contribution in [3.8, 4) is 0 Å². The van der Waals surface area contributed by atoms with E-state index in [1.165, 1.54) is 123 Å². The van der Waals surface area contributed by atoms with Crippen LogP contribution in [0.4, 0.5) is 34.1 Å². The average Bonchev–Trinajstić information content (AvgIpc) is 3.55. The van der Waals surface area contributed by atoms with Crippen molar-refractivity contribution < 1.29 is 4.42 Å². The smallest absolute Gasteiger partial charge is 0.297 e. The zero-order valence-electron chi connectivity index (χ0n) is 35.3. The van der Waals surface area contributed by atoms with Crippen LogP contribution in [-0.4, -0.2) is 6.71 Å². The highest BCUT2D eigenvalue weighted by atomic mass is 16.3. The molecular weight excluding hydrogens is 691 g/mol. The van der Waals surface area contributed by atoms with Gasteiger partial charge in [0.1, 0.15) is 5.58 Å². The van der Waals surface area contributed by atoms with Crippen LogP contribution in [0.2, 0.25) is 0 Å². The van der Waals surface area contributed by atoms with E-state index in [4.69, 9.17) is 4.42 Å². The Morgan fingerprint density at radius 3 is 1.95 bits per heavy atom. The average molecular weight is 749 g/mol. The molecule has 6 aromatic rings. The van der Waals surface area contributed by atoms with Gasteiger partial charge in [0, 0.05) is 28.1 Å². The molecule has 2 fully saturated rings. The second-order valence-corrected chi connectivity index (χ2v) is 20.7. The maximum atomic E-state index is 7.38. The van der Waals surface area contributed by atoms with Crippen molar-refractivity contribution in [2.45, 2.75) is 117 Å². The third-order valence-corrected chi connectivity index (χ3v) is 15.5. The molecule has 2 bridgehead atoms. The molecule has 288 valence electrons. The molecule has 11 rings (SSSR count). The number of para-hydroxylation sites is 2. The molecular formula is C53H57BN2O. The molecule has 2 saturated carbocycles. The Morgan fingerprint density at radius 2 is 1.26 bits per heavy atom. The summed E-state index contributed by atoms with van der Waals surface area (Å²) in [7, 11) is 0. The van der Waals surface area contributed by atoms with Gasteiger partial charge >= 0.3 is 0 Å². The fraction of sp³-hybridized carbons (Fsp3) is 0.396. The maximum Gasteiger partial charge on any atom is 0.297 e. The van der Waals surface area contributed by atoms with E-state index < -0.39 is 0 Å². The molecule has 0 radical (unpaired) electrons. The summed E-state index contributed by atoms with van der Waals surface area (Å²) in [6.45, 7) is 19.4. The summed E-state index contributed by atoms with van der Waals surface area (Å²) in [6, 6.07) is 37.4. The number of aryl methyl sites for hydroxylation is 2. The second kappa shape index (κ2) is 12.2. The van der Waals surface area contributed by atoms with Gasteiger partial charge in [0.2, 0.25) is 0 Å². The Bertz CT molecular complexity index is 2580. The molecule has 5 aromatic carbocycles. The first kappa shape index (κ1) is 35.5. The molecule has 0 N–H and O–H groups in total. The molecule has 0 spiro atoms. The van der Waals surface area contributed by atoms with Crippen LogP contribution in [-0.2, 0) is 16.2 Å². The van der Waals surface area contributed by atoms with Gasteiger partial charge < -0.3 is 14.2 Å². The van der Waals surface area contributed by atoms with Crippen LogP contribution in [0, 0.1) is 31.6 Å². The second-order valence-electron chi connectivity index (χ2n) is 20.7. The minimum absolute atomic E-state index is 0.0464. The number of fused-ring (bicyclic) bond motifs is 9. The van der Waals surface area contributed by atoms with E-state index in [-0.39, 0.29) is 23.0 Å². The summed E-state index contributed by atoms with van der Waals surface area (Å²) < 4.78 is 7.38. The van der Waals surface area contributed by atoms with E-state index in [1.807, 2.05) is 0 Å². The monoisotopic (exact) mass is 748 g/mol. The molecule has 2 atom stereocenters. The van der Waals surface area contributed by atoms with Gasteiger partial charge in [-0.3, -0.25) is 0 Å². The number of nitrogens with zero attached hydrogens (tertiary/aromatic N) is 2. The van der Waals surface area contributed by atoms with E-state index in [1.54, 1.807) is 0 Å². The number of anilines is 6. The van der Waals surface area contributed by atoms with Gasteiger partial charge in [-0.25, -0.2) is 0 Å². The third-order valence-electron chi connectivity index (χ3n) is 15.5. The summed E-state index contributed by atoms with van der Waals surface area (Å²) in [5.74, 6) is 2.52. The van der Waals surface area contributed by atoms with Crippen LogP contribution in [0.5, 0.6) is 0 Å². The normalized spacial score (nSPS) is 25.1. The van der Waals surface area contributed by atoms with Crippen molar-refractivity contribution in [2.24, 2.45) is 17.8 Å². The molecule has 2 unspecified atom stereocenters. The van der Waals surface area contributed by atoms with Crippen molar-refractivity contribution in [3.05, 3.63) is 125 Å². The number of benzene rings is 5. The van der Waals surface area contributed by atoms with Crippen molar-refractivity contribution in [1.29, 1.82) is 0 Å². The lowest BCUT2D eigenvalue weighted by Gasteiger charge is -2.47. The topological polar surface area (TPSA) is 19.6 Å². The van der Waals surface area contributed by atoms with Gasteiger partial charge in [0.05, 0.1) is 17.0 Å². The van der Waals surface area contributed by atoms with Crippen LogP contribution in [0.3, 0.4) is 0 Å². The van der Waals surface area contributed by atoms with Crippen molar-refractivity contribution in [2.75, 3.05) is 9.80 Å². The Balaban J connectivity index is 1.21. The number of rotatable bonds is 3. The number of furan rings is 1. The molecule has 4 heteroatoms. The lowest BCUT2D eigenvalue weighted by atomic mass is 9.35. The maximum absolute atomic E-state index is 7.38. The lowest BCUT2D eigenvalue weighted by Crippen LogP contribution is -2.61. The van der Waals surface area contributed by atoms with Crippen LogP contribution in [0.25, 0.3) is 11.0 Å². The minimum atomic E-state index is -0.0464. The largest absolute Gasteiger partial charge is 0.468 e. The predicted molar refractivity (Wildman–Crippen MR) is 242 cm³/mol. The summed E-state index contributed by atoms with van der Waals surface area (Å²) in [4.78, 5) is 5.16. The van der Waals surface area contributed by atoms with Crippen molar-refractivity contribution in [1.82, 2.24) is 0 Å². The fourth-order valence-corrected chi connectivity index (χ4v) is 12.9. The van der Waals surface area contributed by atoms with E-state index >= 15 is 0 Å². The highest BCUT2D eigenvalue weighted by molar-refractivity contribution is 7.00. The first-order valence-electron chi connectivity index (χ1n) is 21.9. The molecule has 0 amide bonds.